The Labute approximate surface area is 160 Å². The van der Waals surface area contributed by atoms with Gasteiger partial charge in [-0.3, -0.25) is 0 Å². The van der Waals surface area contributed by atoms with Gasteiger partial charge in [-0.05, 0) is 49.8 Å². The van der Waals surface area contributed by atoms with Crippen LogP contribution in [0.1, 0.15) is 44.9 Å². The minimum Gasteiger partial charge on any atom is -0.378 e. The van der Waals surface area contributed by atoms with Crippen LogP contribution in [0.5, 0.6) is 0 Å². The predicted octanol–water partition coefficient (Wildman–Crippen LogP) is 4.24. The van der Waals surface area contributed by atoms with Crippen molar-refractivity contribution in [3.05, 3.63) is 24.0 Å². The van der Waals surface area contributed by atoms with Gasteiger partial charge in [0.2, 0.25) is 0 Å². The molecular formula is C21H30FN3O2. The molecule has 1 N–H and O–H groups in total. The second-order valence-corrected chi connectivity index (χ2v) is 8.03. The monoisotopic (exact) mass is 375 g/mol. The lowest BCUT2D eigenvalue weighted by Crippen LogP contribution is -2.43. The molecule has 0 spiro atoms. The van der Waals surface area contributed by atoms with E-state index < -0.39 is 0 Å². The van der Waals surface area contributed by atoms with Crippen molar-refractivity contribution in [2.24, 2.45) is 5.92 Å². The number of hydrogen-bond acceptors (Lipinski definition) is 3. The molecule has 2 saturated heterocycles. The van der Waals surface area contributed by atoms with Crippen LogP contribution in [-0.2, 0) is 4.74 Å². The topological polar surface area (TPSA) is 44.8 Å². The standard InChI is InChI=1S/C21H30FN3O2/c22-17-13-18(15-19(14-17)24-9-11-27-12-10-24)23-21(26)25-8-4-7-20(25)16-5-2-1-3-6-16/h13-16,20H,1-12H2,(H,23,26)/t20-/m1/s1. The fourth-order valence-electron chi connectivity index (χ4n) is 4.90. The summed E-state index contributed by atoms with van der Waals surface area (Å²) >= 11 is 0. The molecular weight excluding hydrogens is 345 g/mol. The molecule has 2 amide bonds. The number of amides is 2. The molecule has 2 aliphatic heterocycles. The van der Waals surface area contributed by atoms with E-state index in [4.69, 9.17) is 4.74 Å². The number of nitrogens with one attached hydrogen (secondary N) is 1. The maximum Gasteiger partial charge on any atom is 0.322 e. The van der Waals surface area contributed by atoms with Crippen LogP contribution in [0, 0.1) is 11.7 Å². The quantitative estimate of drug-likeness (QED) is 0.859. The van der Waals surface area contributed by atoms with E-state index in [1.54, 1.807) is 0 Å². The Morgan fingerprint density at radius 2 is 1.78 bits per heavy atom. The minimum absolute atomic E-state index is 0.0819. The fourth-order valence-corrected chi connectivity index (χ4v) is 4.90. The number of nitrogens with zero attached hydrogens (tertiary/aromatic N) is 2. The first-order valence-corrected chi connectivity index (χ1v) is 10.4. The second-order valence-electron chi connectivity index (χ2n) is 8.03. The highest BCUT2D eigenvalue weighted by atomic mass is 19.1. The summed E-state index contributed by atoms with van der Waals surface area (Å²) in [5.41, 5.74) is 1.34. The van der Waals surface area contributed by atoms with Crippen LogP contribution in [0.2, 0.25) is 0 Å². The average molecular weight is 375 g/mol. The number of halogens is 1. The number of morpholine rings is 1. The summed E-state index contributed by atoms with van der Waals surface area (Å²) in [7, 11) is 0. The molecule has 148 valence electrons. The number of likely N-dealkylation sites (tertiary alicyclic amines) is 1. The molecule has 1 saturated carbocycles. The number of carbonyl (C=O) groups excluding carboxylic acids is 1. The van der Waals surface area contributed by atoms with Gasteiger partial charge >= 0.3 is 6.03 Å². The van der Waals surface area contributed by atoms with Crippen molar-refractivity contribution in [3.8, 4) is 0 Å². The molecule has 5 nitrogen and oxygen atoms in total. The van der Waals surface area contributed by atoms with Crippen molar-refractivity contribution in [3.63, 3.8) is 0 Å². The molecule has 2 heterocycles. The third-order valence-electron chi connectivity index (χ3n) is 6.26. The average Bonchev–Trinajstić information content (AvgIpc) is 3.19. The van der Waals surface area contributed by atoms with Gasteiger partial charge in [0.25, 0.3) is 0 Å². The fraction of sp³-hybridized carbons (Fsp3) is 0.667. The summed E-state index contributed by atoms with van der Waals surface area (Å²) in [4.78, 5) is 17.0. The molecule has 6 heteroatoms. The summed E-state index contributed by atoms with van der Waals surface area (Å²) in [6.07, 6.45) is 8.51. The first-order valence-electron chi connectivity index (χ1n) is 10.4. The summed E-state index contributed by atoms with van der Waals surface area (Å²) in [6, 6.07) is 5.08. The maximum atomic E-state index is 14.2. The zero-order valence-electron chi connectivity index (χ0n) is 16.0. The van der Waals surface area contributed by atoms with Gasteiger partial charge in [0.15, 0.2) is 0 Å². The van der Waals surface area contributed by atoms with Crippen LogP contribution in [-0.4, -0.2) is 49.8 Å². The van der Waals surface area contributed by atoms with Crippen molar-refractivity contribution < 1.29 is 13.9 Å². The number of benzene rings is 1. The van der Waals surface area contributed by atoms with Gasteiger partial charge in [-0.15, -0.1) is 0 Å². The zero-order valence-corrected chi connectivity index (χ0v) is 16.0. The van der Waals surface area contributed by atoms with Crippen LogP contribution in [0.3, 0.4) is 0 Å². The molecule has 1 atom stereocenters. The van der Waals surface area contributed by atoms with Crippen LogP contribution in [0.4, 0.5) is 20.6 Å². The zero-order chi connectivity index (χ0) is 18.6. The molecule has 27 heavy (non-hydrogen) atoms. The largest absolute Gasteiger partial charge is 0.378 e. The van der Waals surface area contributed by atoms with Crippen molar-refractivity contribution in [2.45, 2.75) is 51.0 Å². The molecule has 0 unspecified atom stereocenters. The van der Waals surface area contributed by atoms with Gasteiger partial charge in [0.05, 0.1) is 13.2 Å². The number of anilines is 2. The molecule has 3 fully saturated rings. The van der Waals surface area contributed by atoms with Gasteiger partial charge in [-0.25, -0.2) is 9.18 Å². The Bertz CT molecular complexity index is 657. The molecule has 1 aliphatic carbocycles. The van der Waals surface area contributed by atoms with E-state index in [-0.39, 0.29) is 11.8 Å². The predicted molar refractivity (Wildman–Crippen MR) is 105 cm³/mol. The maximum absolute atomic E-state index is 14.2. The number of urea groups is 1. The van der Waals surface area contributed by atoms with Crippen LogP contribution in [0.25, 0.3) is 0 Å². The summed E-state index contributed by atoms with van der Waals surface area (Å²) in [5, 5.41) is 2.96. The third-order valence-corrected chi connectivity index (χ3v) is 6.26. The summed E-state index contributed by atoms with van der Waals surface area (Å²) < 4.78 is 19.5. The SMILES string of the molecule is O=C(Nc1cc(F)cc(N2CCOCC2)c1)N1CCC[C@@H]1C1CCCCC1. The molecule has 1 aromatic carbocycles. The first kappa shape index (κ1) is 18.5. The van der Waals surface area contributed by atoms with Crippen molar-refractivity contribution in [1.29, 1.82) is 0 Å². The van der Waals surface area contributed by atoms with E-state index in [1.807, 2.05) is 11.0 Å². The van der Waals surface area contributed by atoms with Crippen LogP contribution >= 0.6 is 0 Å². The van der Waals surface area contributed by atoms with Crippen LogP contribution < -0.4 is 10.2 Å². The molecule has 3 aliphatic rings. The van der Waals surface area contributed by atoms with Gasteiger partial charge in [-0.2, -0.15) is 0 Å². The molecule has 0 radical (unpaired) electrons. The Kier molecular flexibility index (Phi) is 5.81. The van der Waals surface area contributed by atoms with E-state index in [9.17, 15) is 9.18 Å². The molecule has 4 rings (SSSR count). The highest BCUT2D eigenvalue weighted by Crippen LogP contribution is 2.34. The van der Waals surface area contributed by atoms with E-state index in [0.717, 1.165) is 38.2 Å². The van der Waals surface area contributed by atoms with Gasteiger partial charge in [-0.1, -0.05) is 19.3 Å². The molecule has 0 bridgehead atoms. The van der Waals surface area contributed by atoms with E-state index >= 15 is 0 Å². The van der Waals surface area contributed by atoms with Gasteiger partial charge in [0, 0.05) is 37.1 Å². The Balaban J connectivity index is 1.44. The van der Waals surface area contributed by atoms with E-state index in [2.05, 4.69) is 10.2 Å². The number of hydrogen-bond donors (Lipinski definition) is 1. The Morgan fingerprint density at radius 3 is 2.56 bits per heavy atom. The van der Waals surface area contributed by atoms with Crippen molar-refractivity contribution in [2.75, 3.05) is 43.1 Å². The Hall–Kier alpha value is -1.82. The Morgan fingerprint density at radius 1 is 1.00 bits per heavy atom. The minimum atomic E-state index is -0.320. The van der Waals surface area contributed by atoms with Gasteiger partial charge in [0.1, 0.15) is 5.82 Å². The number of rotatable bonds is 3. The lowest BCUT2D eigenvalue weighted by Gasteiger charge is -2.34. The third kappa shape index (κ3) is 4.37. The lowest BCUT2D eigenvalue weighted by atomic mass is 9.83. The van der Waals surface area contributed by atoms with Crippen molar-refractivity contribution in [1.82, 2.24) is 4.90 Å². The number of carbonyl (C=O) groups is 1. The highest BCUT2D eigenvalue weighted by Gasteiger charge is 2.35. The van der Waals surface area contributed by atoms with Crippen molar-refractivity contribution >= 4 is 17.4 Å². The molecule has 0 aromatic heterocycles. The normalized spacial score (nSPS) is 24.3. The van der Waals surface area contributed by atoms with Crippen LogP contribution in [0.15, 0.2) is 18.2 Å². The van der Waals surface area contributed by atoms with Gasteiger partial charge < -0.3 is 19.9 Å². The first-order chi connectivity index (χ1) is 13.2. The molecule has 1 aromatic rings. The van der Waals surface area contributed by atoms with E-state index in [0.29, 0.717) is 30.9 Å². The summed E-state index contributed by atoms with van der Waals surface area (Å²) in [5.74, 6) is 0.308. The number of ether oxygens (including phenoxy) is 1. The smallest absolute Gasteiger partial charge is 0.322 e. The van der Waals surface area contributed by atoms with E-state index in [1.165, 1.54) is 44.2 Å². The lowest BCUT2D eigenvalue weighted by molar-refractivity contribution is 0.122. The highest BCUT2D eigenvalue weighted by molar-refractivity contribution is 5.90. The second kappa shape index (κ2) is 8.46. The summed E-state index contributed by atoms with van der Waals surface area (Å²) in [6.45, 7) is 3.59.